The van der Waals surface area contributed by atoms with Crippen molar-refractivity contribution >= 4 is 17.3 Å². The molecule has 0 saturated heterocycles. The van der Waals surface area contributed by atoms with Crippen LogP contribution in [-0.2, 0) is 19.4 Å². The number of halogens is 6. The van der Waals surface area contributed by atoms with E-state index in [0.29, 0.717) is 0 Å². The lowest BCUT2D eigenvalue weighted by Gasteiger charge is -2.23. The van der Waals surface area contributed by atoms with Crippen molar-refractivity contribution in [3.63, 3.8) is 0 Å². The molecule has 2 aromatic carbocycles. The SMILES string of the molecule is Cn1cc(C(=O)N(c2ccccc2)c2ccc(C(F)(F)F)cc2)c(C(F)(F)F)n1. The second kappa shape index (κ2) is 7.26. The van der Waals surface area contributed by atoms with Crippen molar-refractivity contribution in [2.24, 2.45) is 7.05 Å². The fourth-order valence-electron chi connectivity index (χ4n) is 2.73. The Hall–Kier alpha value is -3.30. The quantitative estimate of drug-likeness (QED) is 0.537. The second-order valence-corrected chi connectivity index (χ2v) is 6.08. The third-order valence-corrected chi connectivity index (χ3v) is 4.00. The molecule has 29 heavy (non-hydrogen) atoms. The van der Waals surface area contributed by atoms with Crippen LogP contribution in [0.25, 0.3) is 0 Å². The molecule has 4 nitrogen and oxygen atoms in total. The molecule has 0 bridgehead atoms. The number of benzene rings is 2. The molecule has 0 radical (unpaired) electrons. The molecule has 0 spiro atoms. The van der Waals surface area contributed by atoms with Gasteiger partial charge in [0, 0.05) is 24.6 Å². The Morgan fingerprint density at radius 2 is 1.41 bits per heavy atom. The van der Waals surface area contributed by atoms with Gasteiger partial charge in [0.05, 0.1) is 11.1 Å². The minimum absolute atomic E-state index is 0.0221. The molecule has 0 unspecified atom stereocenters. The normalized spacial score (nSPS) is 12.1. The van der Waals surface area contributed by atoms with Gasteiger partial charge in [0.2, 0.25) is 0 Å². The maximum Gasteiger partial charge on any atom is 0.435 e. The van der Waals surface area contributed by atoms with E-state index in [1.54, 1.807) is 18.2 Å². The molecule has 10 heteroatoms. The van der Waals surface area contributed by atoms with E-state index >= 15 is 0 Å². The largest absolute Gasteiger partial charge is 0.435 e. The molecule has 1 heterocycles. The maximum absolute atomic E-state index is 13.3. The van der Waals surface area contributed by atoms with Crippen molar-refractivity contribution in [2.75, 3.05) is 4.90 Å². The summed E-state index contributed by atoms with van der Waals surface area (Å²) in [5.41, 5.74) is -2.87. The Labute approximate surface area is 161 Å². The summed E-state index contributed by atoms with van der Waals surface area (Å²) in [6.45, 7) is 0. The maximum atomic E-state index is 13.3. The summed E-state index contributed by atoms with van der Waals surface area (Å²) in [5, 5.41) is 3.31. The topological polar surface area (TPSA) is 38.1 Å². The van der Waals surface area contributed by atoms with Gasteiger partial charge in [0.1, 0.15) is 0 Å². The van der Waals surface area contributed by atoms with E-state index in [0.717, 1.165) is 40.0 Å². The number of para-hydroxylation sites is 1. The predicted octanol–water partition coefficient (Wildman–Crippen LogP) is 5.44. The third-order valence-electron chi connectivity index (χ3n) is 4.00. The van der Waals surface area contributed by atoms with Crippen LogP contribution in [0.4, 0.5) is 37.7 Å². The molecular formula is C19H13F6N3O. The number of hydrogen-bond donors (Lipinski definition) is 0. The molecular weight excluding hydrogens is 400 g/mol. The summed E-state index contributed by atoms with van der Waals surface area (Å²) in [6.07, 6.45) is -8.55. The average Bonchev–Trinajstić information content (AvgIpc) is 3.05. The van der Waals surface area contributed by atoms with Gasteiger partial charge in [-0.05, 0) is 36.4 Å². The number of hydrogen-bond acceptors (Lipinski definition) is 2. The summed E-state index contributed by atoms with van der Waals surface area (Å²) in [5.74, 6) is -1.07. The highest BCUT2D eigenvalue weighted by Crippen LogP contribution is 2.36. The smallest absolute Gasteiger partial charge is 0.277 e. The predicted molar refractivity (Wildman–Crippen MR) is 92.6 cm³/mol. The monoisotopic (exact) mass is 413 g/mol. The van der Waals surface area contributed by atoms with Crippen LogP contribution >= 0.6 is 0 Å². The summed E-state index contributed by atoms with van der Waals surface area (Å²) < 4.78 is 79.3. The first-order chi connectivity index (χ1) is 13.5. The Kier molecular flexibility index (Phi) is 5.12. The van der Waals surface area contributed by atoms with Gasteiger partial charge in [-0.1, -0.05) is 18.2 Å². The van der Waals surface area contributed by atoms with Crippen LogP contribution in [0.1, 0.15) is 21.6 Å². The third kappa shape index (κ3) is 4.25. The summed E-state index contributed by atoms with van der Waals surface area (Å²) >= 11 is 0. The standard InChI is InChI=1S/C19H13F6N3O/c1-27-11-15(16(26-27)19(23,24)25)17(29)28(13-5-3-2-4-6-13)14-9-7-12(8-10-14)18(20,21)22/h2-11H,1H3. The average molecular weight is 413 g/mol. The van der Waals surface area contributed by atoms with Gasteiger partial charge in [-0.15, -0.1) is 0 Å². The van der Waals surface area contributed by atoms with Crippen molar-refractivity contribution in [3.05, 3.63) is 77.6 Å². The minimum atomic E-state index is -4.88. The number of aryl methyl sites for hydroxylation is 1. The Bertz CT molecular complexity index is 1010. The van der Waals surface area contributed by atoms with Gasteiger partial charge in [0.25, 0.3) is 5.91 Å². The zero-order valence-electron chi connectivity index (χ0n) is 14.8. The van der Waals surface area contributed by atoms with Gasteiger partial charge in [-0.25, -0.2) is 0 Å². The number of carbonyl (C=O) groups is 1. The number of anilines is 2. The molecule has 3 rings (SSSR count). The van der Waals surface area contributed by atoms with Crippen LogP contribution in [0.3, 0.4) is 0 Å². The van der Waals surface area contributed by atoms with Crippen LogP contribution in [0, 0.1) is 0 Å². The highest BCUT2D eigenvalue weighted by Gasteiger charge is 2.40. The van der Waals surface area contributed by atoms with Gasteiger partial charge in [-0.2, -0.15) is 31.4 Å². The first-order valence-corrected chi connectivity index (χ1v) is 8.16. The molecule has 0 N–H and O–H groups in total. The van der Waals surface area contributed by atoms with E-state index in [1.807, 2.05) is 0 Å². The number of amides is 1. The fourth-order valence-corrected chi connectivity index (χ4v) is 2.73. The molecule has 1 aromatic heterocycles. The van der Waals surface area contributed by atoms with Gasteiger partial charge in [0.15, 0.2) is 5.69 Å². The molecule has 0 aliphatic rings. The molecule has 1 amide bonds. The zero-order valence-corrected chi connectivity index (χ0v) is 14.8. The molecule has 3 aromatic rings. The van der Waals surface area contributed by atoms with Crippen LogP contribution in [-0.4, -0.2) is 15.7 Å². The zero-order chi connectivity index (χ0) is 21.4. The van der Waals surface area contributed by atoms with Crippen molar-refractivity contribution in [2.45, 2.75) is 12.4 Å². The van der Waals surface area contributed by atoms with E-state index < -0.39 is 35.1 Å². The van der Waals surface area contributed by atoms with E-state index in [2.05, 4.69) is 5.10 Å². The molecule has 0 aliphatic carbocycles. The number of alkyl halides is 6. The van der Waals surface area contributed by atoms with E-state index in [1.165, 1.54) is 19.2 Å². The molecule has 152 valence electrons. The highest BCUT2D eigenvalue weighted by atomic mass is 19.4. The van der Waals surface area contributed by atoms with E-state index in [4.69, 9.17) is 0 Å². The number of rotatable bonds is 3. The highest BCUT2D eigenvalue weighted by molar-refractivity contribution is 6.11. The summed E-state index contributed by atoms with van der Waals surface area (Å²) in [6, 6.07) is 11.2. The van der Waals surface area contributed by atoms with Gasteiger partial charge < -0.3 is 0 Å². The van der Waals surface area contributed by atoms with Crippen LogP contribution in [0.2, 0.25) is 0 Å². The summed E-state index contributed by atoms with van der Waals surface area (Å²) in [7, 11) is 1.23. The number of nitrogens with zero attached hydrogens (tertiary/aromatic N) is 3. The van der Waals surface area contributed by atoms with Crippen molar-refractivity contribution in [1.82, 2.24) is 9.78 Å². The van der Waals surface area contributed by atoms with Crippen LogP contribution in [0.5, 0.6) is 0 Å². The molecule has 0 atom stereocenters. The lowest BCUT2D eigenvalue weighted by atomic mass is 10.1. The lowest BCUT2D eigenvalue weighted by molar-refractivity contribution is -0.141. The molecule has 0 fully saturated rings. The Balaban J connectivity index is 2.12. The van der Waals surface area contributed by atoms with E-state index in [-0.39, 0.29) is 11.4 Å². The lowest BCUT2D eigenvalue weighted by Crippen LogP contribution is -2.28. The fraction of sp³-hybridized carbons (Fsp3) is 0.158. The van der Waals surface area contributed by atoms with Gasteiger partial charge >= 0.3 is 12.4 Å². The van der Waals surface area contributed by atoms with Gasteiger partial charge in [-0.3, -0.25) is 14.4 Å². The van der Waals surface area contributed by atoms with Crippen molar-refractivity contribution in [1.29, 1.82) is 0 Å². The number of carbonyl (C=O) groups excluding carboxylic acids is 1. The summed E-state index contributed by atoms with van der Waals surface area (Å²) in [4.78, 5) is 14.0. The molecule has 0 saturated carbocycles. The van der Waals surface area contributed by atoms with Crippen molar-refractivity contribution < 1.29 is 31.1 Å². The second-order valence-electron chi connectivity index (χ2n) is 6.08. The Morgan fingerprint density at radius 1 is 0.862 bits per heavy atom. The van der Waals surface area contributed by atoms with E-state index in [9.17, 15) is 31.1 Å². The van der Waals surface area contributed by atoms with Crippen LogP contribution < -0.4 is 4.90 Å². The van der Waals surface area contributed by atoms with Crippen LogP contribution in [0.15, 0.2) is 60.8 Å². The van der Waals surface area contributed by atoms with Crippen molar-refractivity contribution in [3.8, 4) is 0 Å². The minimum Gasteiger partial charge on any atom is -0.277 e. The first-order valence-electron chi connectivity index (χ1n) is 8.16. The Morgan fingerprint density at radius 3 is 1.93 bits per heavy atom. The first kappa shape index (κ1) is 20.4. The number of aromatic nitrogens is 2. The molecule has 0 aliphatic heterocycles.